The number of aliphatic hydroxyl groups excluding tert-OH is 5. The molecule has 21 atom stereocenters. The summed E-state index contributed by atoms with van der Waals surface area (Å²) in [7, 11) is 0. The SMILES string of the molecule is CC(=O)OC1CC(OC2CCC3(C)C(CCC4C3CCC3(C)C(C5=CC(=O)OC5)CCC43O)C2)OC(C)C1OC1CC(O)C(OC2OC(CO)C(O)C(O)C2O)C(C)O1. The number of aliphatic hydroxyl groups is 6. The first-order chi connectivity index (χ1) is 27.9. The monoisotopic (exact) mass is 838 g/mol. The molecule has 0 amide bonds. The van der Waals surface area contributed by atoms with E-state index in [0.717, 1.165) is 63.4 Å². The molecular weight excluding hydrogens is 772 g/mol. The van der Waals surface area contributed by atoms with Crippen LogP contribution in [-0.4, -0.2) is 147 Å². The van der Waals surface area contributed by atoms with E-state index in [1.165, 1.54) is 6.92 Å². The molecule has 7 fully saturated rings. The van der Waals surface area contributed by atoms with Crippen LogP contribution in [-0.2, 0) is 47.5 Å². The third-order valence-electron chi connectivity index (χ3n) is 16.3. The molecule has 4 saturated carbocycles. The quantitative estimate of drug-likeness (QED) is 0.144. The summed E-state index contributed by atoms with van der Waals surface area (Å²) >= 11 is 0. The van der Waals surface area contributed by atoms with E-state index in [0.29, 0.717) is 18.4 Å². The second-order valence-electron chi connectivity index (χ2n) is 19.5. The van der Waals surface area contributed by atoms with Gasteiger partial charge in [0.25, 0.3) is 0 Å². The number of carbonyl (C=O) groups excluding carboxylic acids is 2. The minimum atomic E-state index is -1.64. The van der Waals surface area contributed by atoms with Crippen molar-refractivity contribution >= 4 is 11.9 Å². The molecule has 16 heteroatoms. The van der Waals surface area contributed by atoms with Crippen LogP contribution in [0.5, 0.6) is 0 Å². The number of carbonyl (C=O) groups is 2. The van der Waals surface area contributed by atoms with Gasteiger partial charge in [0.2, 0.25) is 0 Å². The van der Waals surface area contributed by atoms with Crippen molar-refractivity contribution < 1.29 is 78.1 Å². The number of rotatable bonds is 9. The molecule has 3 saturated heterocycles. The fraction of sp³-hybridized carbons (Fsp3) is 0.907. The maximum absolute atomic E-state index is 12.6. The average Bonchev–Trinajstić information content (AvgIpc) is 3.73. The van der Waals surface area contributed by atoms with Crippen molar-refractivity contribution in [2.24, 2.45) is 34.5 Å². The van der Waals surface area contributed by atoms with Gasteiger partial charge in [0.15, 0.2) is 18.9 Å². The summed E-state index contributed by atoms with van der Waals surface area (Å²) in [5, 5.41) is 64.1. The van der Waals surface area contributed by atoms with Crippen LogP contribution >= 0.6 is 0 Å². The minimum absolute atomic E-state index is 0.0439. The van der Waals surface area contributed by atoms with Crippen LogP contribution in [0, 0.1) is 34.5 Å². The van der Waals surface area contributed by atoms with Gasteiger partial charge < -0.3 is 68.5 Å². The van der Waals surface area contributed by atoms with Crippen LogP contribution in [0.1, 0.15) is 105 Å². The molecule has 0 spiro atoms. The van der Waals surface area contributed by atoms with E-state index in [9.17, 15) is 40.2 Å². The highest BCUT2D eigenvalue weighted by atomic mass is 16.7. The fourth-order valence-electron chi connectivity index (χ4n) is 13.1. The Morgan fingerprint density at radius 3 is 2.22 bits per heavy atom. The van der Waals surface area contributed by atoms with Gasteiger partial charge in [-0.15, -0.1) is 0 Å². The van der Waals surface area contributed by atoms with Crippen LogP contribution in [0.25, 0.3) is 0 Å². The summed E-state index contributed by atoms with van der Waals surface area (Å²) in [6, 6.07) is 0. The lowest BCUT2D eigenvalue weighted by Crippen LogP contribution is -2.62. The predicted molar refractivity (Wildman–Crippen MR) is 204 cm³/mol. The van der Waals surface area contributed by atoms with Gasteiger partial charge in [-0.3, -0.25) is 4.79 Å². The number of cyclic esters (lactones) is 1. The third kappa shape index (κ3) is 7.83. The summed E-state index contributed by atoms with van der Waals surface area (Å²) in [4.78, 5) is 24.3. The Labute approximate surface area is 345 Å². The lowest BCUT2D eigenvalue weighted by molar-refractivity contribution is -0.352. The summed E-state index contributed by atoms with van der Waals surface area (Å²) in [6.45, 7) is 9.22. The molecule has 6 N–H and O–H groups in total. The molecule has 0 radical (unpaired) electrons. The van der Waals surface area contributed by atoms with E-state index in [2.05, 4.69) is 13.8 Å². The maximum atomic E-state index is 12.6. The average molecular weight is 839 g/mol. The molecule has 21 unspecified atom stereocenters. The zero-order chi connectivity index (χ0) is 42.2. The van der Waals surface area contributed by atoms with E-state index in [1.807, 2.05) is 6.92 Å². The largest absolute Gasteiger partial charge is 0.459 e. The number of hydrogen-bond acceptors (Lipinski definition) is 16. The highest BCUT2D eigenvalue weighted by Crippen LogP contribution is 2.70. The molecule has 4 heterocycles. The predicted octanol–water partition coefficient (Wildman–Crippen LogP) is 1.76. The highest BCUT2D eigenvalue weighted by molar-refractivity contribution is 5.85. The molecule has 334 valence electrons. The van der Waals surface area contributed by atoms with Crippen molar-refractivity contribution in [3.05, 3.63) is 11.6 Å². The Morgan fingerprint density at radius 2 is 1.54 bits per heavy atom. The van der Waals surface area contributed by atoms with Crippen LogP contribution < -0.4 is 0 Å². The molecule has 0 aromatic carbocycles. The molecule has 4 aliphatic heterocycles. The molecule has 0 aromatic rings. The van der Waals surface area contributed by atoms with Gasteiger partial charge in [-0.1, -0.05) is 13.8 Å². The number of hydrogen-bond donors (Lipinski definition) is 6. The second kappa shape index (κ2) is 16.7. The first-order valence-corrected chi connectivity index (χ1v) is 22.0. The van der Waals surface area contributed by atoms with Gasteiger partial charge in [0, 0.05) is 31.3 Å². The fourth-order valence-corrected chi connectivity index (χ4v) is 13.1. The van der Waals surface area contributed by atoms with E-state index in [1.54, 1.807) is 13.0 Å². The Balaban J connectivity index is 0.864. The van der Waals surface area contributed by atoms with Crippen molar-refractivity contribution in [2.75, 3.05) is 13.2 Å². The van der Waals surface area contributed by atoms with Crippen molar-refractivity contribution in [3.8, 4) is 0 Å². The van der Waals surface area contributed by atoms with Crippen molar-refractivity contribution in [2.45, 2.75) is 197 Å². The number of ether oxygens (including phenoxy) is 8. The smallest absolute Gasteiger partial charge is 0.331 e. The molecule has 0 bridgehead atoms. The molecule has 8 aliphatic rings. The van der Waals surface area contributed by atoms with Crippen LogP contribution in [0.15, 0.2) is 11.6 Å². The van der Waals surface area contributed by atoms with Gasteiger partial charge >= 0.3 is 11.9 Å². The summed E-state index contributed by atoms with van der Waals surface area (Å²) < 4.78 is 47.9. The van der Waals surface area contributed by atoms with Gasteiger partial charge in [-0.2, -0.15) is 0 Å². The molecule has 16 nitrogen and oxygen atoms in total. The summed E-state index contributed by atoms with van der Waals surface area (Å²) in [6.07, 6.45) is -3.84. The number of esters is 2. The lowest BCUT2D eigenvalue weighted by atomic mass is 9.43. The van der Waals surface area contributed by atoms with Crippen molar-refractivity contribution in [1.82, 2.24) is 0 Å². The van der Waals surface area contributed by atoms with Gasteiger partial charge in [0.05, 0.1) is 36.6 Å². The number of fused-ring (bicyclic) bond motifs is 5. The van der Waals surface area contributed by atoms with Gasteiger partial charge in [0.1, 0.15) is 49.3 Å². The van der Waals surface area contributed by atoms with Crippen LogP contribution in [0.4, 0.5) is 0 Å². The van der Waals surface area contributed by atoms with Crippen LogP contribution in [0.3, 0.4) is 0 Å². The van der Waals surface area contributed by atoms with Gasteiger partial charge in [-0.25, -0.2) is 4.79 Å². The Bertz CT molecular complexity index is 1560. The highest BCUT2D eigenvalue weighted by Gasteiger charge is 2.68. The molecular formula is C43H66O16. The normalized spacial score (nSPS) is 52.5. The lowest BCUT2D eigenvalue weighted by Gasteiger charge is -2.64. The molecule has 0 aromatic heterocycles. The van der Waals surface area contributed by atoms with Crippen molar-refractivity contribution in [3.63, 3.8) is 0 Å². The second-order valence-corrected chi connectivity index (χ2v) is 19.5. The zero-order valence-electron chi connectivity index (χ0n) is 34.9. The Morgan fingerprint density at radius 1 is 0.814 bits per heavy atom. The topological polar surface area (TPSA) is 229 Å². The van der Waals surface area contributed by atoms with Crippen LogP contribution in [0.2, 0.25) is 0 Å². The first-order valence-electron chi connectivity index (χ1n) is 22.0. The Kier molecular flexibility index (Phi) is 12.4. The van der Waals surface area contributed by atoms with E-state index in [4.69, 9.17) is 37.9 Å². The maximum Gasteiger partial charge on any atom is 0.331 e. The molecule has 8 rings (SSSR count). The standard InChI is InChI=1S/C43H66O16/c1-20-38(59-40-37(50)36(49)35(48)31(18-44)57-40)29(46)16-33(53-20)58-39-21(2)54-34(17-30(39)55-22(3)45)56-25-8-11-41(4)24(15-25)6-7-28-27(41)9-12-42(5)26(10-13-43(28,42)51)23-14-32(47)52-19-23/h14,20-21,24-31,33-40,44,46,48-51H,6-13,15-19H2,1-5H3. The molecule has 4 aliphatic carbocycles. The van der Waals surface area contributed by atoms with Crippen molar-refractivity contribution in [1.29, 1.82) is 0 Å². The third-order valence-corrected chi connectivity index (χ3v) is 16.3. The molecule has 59 heavy (non-hydrogen) atoms. The first kappa shape index (κ1) is 43.8. The summed E-state index contributed by atoms with van der Waals surface area (Å²) in [5.41, 5.74) is 0.0728. The Hall–Kier alpha value is -1.80. The zero-order valence-corrected chi connectivity index (χ0v) is 34.9. The van der Waals surface area contributed by atoms with E-state index < -0.39 is 98.1 Å². The minimum Gasteiger partial charge on any atom is -0.459 e. The summed E-state index contributed by atoms with van der Waals surface area (Å²) in [5.74, 6) is 0.471. The van der Waals surface area contributed by atoms with E-state index in [-0.39, 0.29) is 47.6 Å². The van der Waals surface area contributed by atoms with E-state index >= 15 is 0 Å². The van der Waals surface area contributed by atoms with Gasteiger partial charge in [-0.05, 0) is 106 Å².